The van der Waals surface area contributed by atoms with Crippen LogP contribution in [0.2, 0.25) is 0 Å². The number of carboxylic acids is 1. The summed E-state index contributed by atoms with van der Waals surface area (Å²) in [5.41, 5.74) is 13.3. The third kappa shape index (κ3) is 9.25. The van der Waals surface area contributed by atoms with Gasteiger partial charge in [-0.25, -0.2) is 0 Å². The van der Waals surface area contributed by atoms with Crippen molar-refractivity contribution in [2.24, 2.45) is 91.2 Å². The van der Waals surface area contributed by atoms with Crippen LogP contribution in [-0.4, -0.2) is 46.6 Å². The van der Waals surface area contributed by atoms with Crippen molar-refractivity contribution < 1.29 is 20.1 Å². The van der Waals surface area contributed by atoms with Gasteiger partial charge in [-0.15, -0.1) is 0 Å². The Labute approximate surface area is 545 Å². The zero-order valence-electron chi connectivity index (χ0n) is 55.9. The largest absolute Gasteiger partial charge is 0.481 e. The molecule has 14 bridgehead atoms. The normalized spacial score (nSPS) is 39.9. The van der Waals surface area contributed by atoms with Gasteiger partial charge in [-0.1, -0.05) is 192 Å². The number of benzene rings is 3. The van der Waals surface area contributed by atoms with E-state index in [0.717, 1.165) is 89.5 Å². The van der Waals surface area contributed by atoms with Crippen molar-refractivity contribution in [3.8, 4) is 0 Å². The van der Waals surface area contributed by atoms with Gasteiger partial charge in [-0.3, -0.25) is 4.79 Å². The average Bonchev–Trinajstić information content (AvgIpc) is 1.60. The summed E-state index contributed by atoms with van der Waals surface area (Å²) in [5.74, 6) is 2.01. The van der Waals surface area contributed by atoms with Gasteiger partial charge in [-0.2, -0.15) is 0 Å². The Kier molecular flexibility index (Phi) is 15.2. The van der Waals surface area contributed by atoms with Crippen molar-refractivity contribution in [2.75, 3.05) is 13.1 Å². The first-order chi connectivity index (χ1) is 44.0. The molecule has 20 rings (SSSR count). The van der Waals surface area contributed by atoms with E-state index in [-0.39, 0.29) is 44.8 Å². The van der Waals surface area contributed by atoms with Gasteiger partial charge in [0, 0.05) is 46.6 Å². The first-order valence-electron chi connectivity index (χ1n) is 37.3. The molecular weight excluding hydrogens is 1110 g/mol. The van der Waals surface area contributed by atoms with Crippen LogP contribution in [0.5, 0.6) is 0 Å². The molecule has 91 heavy (non-hydrogen) atoms. The van der Waals surface area contributed by atoms with E-state index in [1.165, 1.54) is 139 Å². The number of hydrogen-bond acceptors (Lipinski definition) is 5. The summed E-state index contributed by atoms with van der Waals surface area (Å²) in [7, 11) is 0. The van der Waals surface area contributed by atoms with E-state index in [0.29, 0.717) is 48.9 Å². The molecule has 3 aromatic carbocycles. The number of carboxylic acid groups (broad SMARTS) is 1. The molecule has 6 heteroatoms. The quantitative estimate of drug-likeness (QED) is 0.151. The van der Waals surface area contributed by atoms with Gasteiger partial charge >= 0.3 is 5.97 Å². The van der Waals surface area contributed by atoms with Gasteiger partial charge < -0.3 is 26.0 Å². The Morgan fingerprint density at radius 1 is 0.758 bits per heavy atom. The summed E-state index contributed by atoms with van der Waals surface area (Å²) in [5, 5.41) is 49.6. The number of hydrogen-bond donors (Lipinski definition) is 5. The standard InChI is InChI=1S/C85H108N2O4/c1-54(2)42-63-32-37-79(4)74(89)34-40-84-70-33-38-80(5)76-67(77(90)91)29-27-55(3)65(59-21-10-7-11-22-59)26-17-41-86-75-30-28-62(53-87-75)60-24-16-20-57(44-60)45-68-66-25-13-12-23-61(66)46-71(84)69(68)50-83(63,78(79)84)51-72(70)85(80,52-73(76)88)64-48-81(35-14-15-36-81)82(49-64)39-31-58(47-82)43-56-18-8-6-9-19-56/h6,8-9,12-13,16,18-20,23-25,28,30,32,44,46,50,54,58-59,64-65,67,71,73-74,76,78,86-89H,3,7,10-11,14-15,17,21-22,26-27,29,31,33-43,45,47-49,51-53H2,1-2,4-5H3,(H,90,91)/t58-,64-,65+,67+,71-,73+,74-,76-,78+,79+,80+,82-,83+,84+,85+/m0/s1. The van der Waals surface area contributed by atoms with Crippen molar-refractivity contribution in [2.45, 2.75) is 220 Å². The molecule has 0 amide bonds. The Morgan fingerprint density at radius 2 is 1.56 bits per heavy atom. The predicted molar refractivity (Wildman–Crippen MR) is 369 cm³/mol. The maximum Gasteiger partial charge on any atom is 0.306 e. The van der Waals surface area contributed by atoms with Crippen LogP contribution in [0.3, 0.4) is 0 Å². The van der Waals surface area contributed by atoms with Crippen LogP contribution in [0, 0.1) is 91.2 Å². The molecule has 5 N–H and O–H groups in total. The molecule has 6 aliphatic heterocycles. The number of aliphatic hydroxyl groups is 2. The fraction of sp³-hybridized carbons (Fsp3) is 0.612. The molecular formula is C85H108N2O4. The summed E-state index contributed by atoms with van der Waals surface area (Å²) < 4.78 is 0. The van der Waals surface area contributed by atoms with Crippen LogP contribution in [0.15, 0.2) is 143 Å². The predicted octanol–water partition coefficient (Wildman–Crippen LogP) is 16.9. The fourth-order valence-corrected chi connectivity index (χ4v) is 26.3. The molecule has 4 spiro atoms. The van der Waals surface area contributed by atoms with E-state index in [2.05, 4.69) is 148 Å². The first-order valence-corrected chi connectivity index (χ1v) is 37.3. The van der Waals surface area contributed by atoms with Gasteiger partial charge in [0.05, 0.1) is 23.9 Å². The van der Waals surface area contributed by atoms with E-state index >= 15 is 0 Å². The molecule has 0 aromatic heterocycles. The average molecular weight is 1220 g/mol. The zero-order chi connectivity index (χ0) is 62.3. The third-order valence-electron chi connectivity index (χ3n) is 29.7. The van der Waals surface area contributed by atoms with Crippen LogP contribution in [0.4, 0.5) is 0 Å². The van der Waals surface area contributed by atoms with Crippen molar-refractivity contribution in [3.63, 3.8) is 0 Å². The molecule has 0 saturated heterocycles. The van der Waals surface area contributed by atoms with Gasteiger partial charge in [0.1, 0.15) is 0 Å². The Hall–Kier alpha value is -5.17. The minimum Gasteiger partial charge on any atom is -0.481 e. The SMILES string of the molecule is C=C1CC[C@@H](C(=O)O)[C@H]2[C@H](O)C[C@@]3([C@H]4CC5(CCCC5)[C@]5(CC[C@@H](Cc6ccccc6)C5)C4)C4=C(CC[C@]23C)[C@]23CC[C@H](O)[C@@]5(C)CC=C(CC(C)C)[C@@](C=C6C(=c7ccccc7=C[C@@H]62)Cc2cccc(c2)C2=CC=C(NCCC[C@H]1C1CCCCC1)NC2)(C4)[C@@H]53. The molecule has 17 aliphatic rings. The van der Waals surface area contributed by atoms with Crippen molar-refractivity contribution >= 4 is 23.2 Å². The number of rotatable bonds is 7. The van der Waals surface area contributed by atoms with Crippen LogP contribution in [0.1, 0.15) is 211 Å². The monoisotopic (exact) mass is 1220 g/mol. The van der Waals surface area contributed by atoms with Crippen LogP contribution in [0.25, 0.3) is 17.2 Å². The van der Waals surface area contributed by atoms with Crippen LogP contribution >= 0.6 is 0 Å². The Balaban J connectivity index is 0.921. The van der Waals surface area contributed by atoms with E-state index in [1.807, 2.05) is 0 Å². The minimum absolute atomic E-state index is 0.109. The maximum absolute atomic E-state index is 14.9. The number of dihydropyridines is 1. The summed E-state index contributed by atoms with van der Waals surface area (Å²) in [6.45, 7) is 16.7. The summed E-state index contributed by atoms with van der Waals surface area (Å²) in [6.07, 6.45) is 42.0. The second kappa shape index (κ2) is 22.8. The lowest BCUT2D eigenvalue weighted by atomic mass is 9.29. The van der Waals surface area contributed by atoms with Gasteiger partial charge in [0.2, 0.25) is 0 Å². The van der Waals surface area contributed by atoms with Gasteiger partial charge in [0.25, 0.3) is 0 Å². The van der Waals surface area contributed by atoms with Gasteiger partial charge in [0.15, 0.2) is 0 Å². The highest BCUT2D eigenvalue weighted by molar-refractivity contribution is 5.78. The molecule has 6 heterocycles. The van der Waals surface area contributed by atoms with E-state index in [1.54, 1.807) is 16.7 Å². The second-order valence-corrected chi connectivity index (χ2v) is 34.1. The molecule has 6 fully saturated rings. The number of aliphatic carboxylic acids is 1. The highest BCUT2D eigenvalue weighted by atomic mass is 16.4. The molecule has 6 saturated carbocycles. The molecule has 0 unspecified atom stereocenters. The van der Waals surface area contributed by atoms with Crippen LogP contribution in [-0.2, 0) is 17.6 Å². The summed E-state index contributed by atoms with van der Waals surface area (Å²) in [6, 6.07) is 30.2. The van der Waals surface area contributed by atoms with Crippen molar-refractivity contribution in [1.82, 2.24) is 10.6 Å². The van der Waals surface area contributed by atoms with Gasteiger partial charge in [-0.05, 0) is 249 Å². The molecule has 11 aliphatic carbocycles. The molecule has 0 radical (unpaired) electrons. The molecule has 3 aromatic rings. The van der Waals surface area contributed by atoms with Crippen molar-refractivity contribution in [3.05, 3.63) is 171 Å². The lowest BCUT2D eigenvalue weighted by molar-refractivity contribution is -0.167. The molecule has 482 valence electrons. The minimum atomic E-state index is -0.731. The Bertz CT molecular complexity index is 3680. The Morgan fingerprint density at radius 3 is 2.35 bits per heavy atom. The highest BCUT2D eigenvalue weighted by Gasteiger charge is 2.78. The molecule has 15 atom stereocenters. The highest BCUT2D eigenvalue weighted by Crippen LogP contribution is 2.85. The summed E-state index contributed by atoms with van der Waals surface area (Å²) >= 11 is 0. The van der Waals surface area contributed by atoms with Crippen LogP contribution < -0.4 is 21.1 Å². The topological polar surface area (TPSA) is 102 Å². The second-order valence-electron chi connectivity index (χ2n) is 34.1. The van der Waals surface area contributed by atoms with E-state index < -0.39 is 34.9 Å². The number of fused-ring (bicyclic) bond motifs is 2. The first kappa shape index (κ1) is 60.8. The summed E-state index contributed by atoms with van der Waals surface area (Å²) in [4.78, 5) is 14.9. The molecule has 6 nitrogen and oxygen atoms in total. The smallest absolute Gasteiger partial charge is 0.306 e. The van der Waals surface area contributed by atoms with E-state index in [4.69, 9.17) is 6.58 Å². The van der Waals surface area contributed by atoms with Crippen molar-refractivity contribution in [1.29, 1.82) is 0 Å². The van der Waals surface area contributed by atoms with E-state index in [9.17, 15) is 20.1 Å². The lowest BCUT2D eigenvalue weighted by Gasteiger charge is -2.74. The number of allylic oxidation sites excluding steroid dienone is 9. The lowest BCUT2D eigenvalue weighted by Crippen LogP contribution is -2.69. The zero-order valence-corrected chi connectivity index (χ0v) is 55.9. The third-order valence-corrected chi connectivity index (χ3v) is 29.7. The number of carbonyl (C=O) groups is 1. The maximum atomic E-state index is 14.9. The fourth-order valence-electron chi connectivity index (χ4n) is 26.3. The number of aliphatic hydroxyl groups excluding tert-OH is 2. The number of nitrogens with one attached hydrogen (secondary N) is 2.